The van der Waals surface area contributed by atoms with E-state index in [1.54, 1.807) is 0 Å². The summed E-state index contributed by atoms with van der Waals surface area (Å²) in [4.78, 5) is 26.7. The Morgan fingerprint density at radius 2 is 1.67 bits per heavy atom. The van der Waals surface area contributed by atoms with E-state index in [9.17, 15) is 9.59 Å². The average molecular weight is 329 g/mol. The molecular formula is C19H27N3O2. The molecule has 0 unspecified atom stereocenters. The van der Waals surface area contributed by atoms with Crippen LogP contribution in [0.15, 0.2) is 30.5 Å². The number of benzene rings is 1. The van der Waals surface area contributed by atoms with E-state index in [1.807, 2.05) is 30.5 Å². The molecule has 0 bridgehead atoms. The summed E-state index contributed by atoms with van der Waals surface area (Å²) in [6.45, 7) is 3.19. The average Bonchev–Trinajstić information content (AvgIpc) is 3.01. The quantitative estimate of drug-likeness (QED) is 0.489. The molecule has 0 aliphatic heterocycles. The zero-order valence-electron chi connectivity index (χ0n) is 14.4. The monoisotopic (exact) mass is 329 g/mol. The summed E-state index contributed by atoms with van der Waals surface area (Å²) >= 11 is 0. The van der Waals surface area contributed by atoms with Crippen molar-refractivity contribution in [3.63, 3.8) is 0 Å². The molecule has 2 aromatic rings. The number of nitrogens with one attached hydrogen (secondary N) is 3. The van der Waals surface area contributed by atoms with E-state index in [2.05, 4.69) is 22.5 Å². The van der Waals surface area contributed by atoms with E-state index in [4.69, 9.17) is 0 Å². The maximum atomic E-state index is 11.8. The molecule has 1 aromatic heterocycles. The van der Waals surface area contributed by atoms with Gasteiger partial charge >= 0.3 is 11.8 Å². The number of carbonyl (C=O) groups excluding carboxylic acids is 2. The molecule has 1 heterocycles. The van der Waals surface area contributed by atoms with Crippen LogP contribution in [0.5, 0.6) is 0 Å². The Morgan fingerprint density at radius 1 is 0.958 bits per heavy atom. The molecular weight excluding hydrogens is 302 g/mol. The van der Waals surface area contributed by atoms with Gasteiger partial charge in [-0.3, -0.25) is 9.59 Å². The van der Waals surface area contributed by atoms with Crippen molar-refractivity contribution in [1.82, 2.24) is 15.6 Å². The number of hydrogen-bond donors (Lipinski definition) is 3. The maximum absolute atomic E-state index is 11.8. The molecule has 5 heteroatoms. The fourth-order valence-corrected chi connectivity index (χ4v) is 2.74. The standard InChI is InChI=1S/C19H27N3O2/c1-2-3-4-5-8-12-20-18(23)19(24)21-13-11-15-14-22-17-10-7-6-9-16(15)17/h6-7,9-10,14,22H,2-5,8,11-13H2,1H3,(H,20,23)(H,21,24). The molecule has 130 valence electrons. The summed E-state index contributed by atoms with van der Waals surface area (Å²) in [6, 6.07) is 8.04. The summed E-state index contributed by atoms with van der Waals surface area (Å²) in [6.07, 6.45) is 8.27. The molecule has 0 aliphatic rings. The second kappa shape index (κ2) is 9.75. The van der Waals surface area contributed by atoms with E-state index in [0.717, 1.165) is 29.3 Å². The Hall–Kier alpha value is -2.30. The number of aromatic nitrogens is 1. The number of fused-ring (bicyclic) bond motifs is 1. The largest absolute Gasteiger partial charge is 0.361 e. The van der Waals surface area contributed by atoms with Crippen LogP contribution in [-0.4, -0.2) is 29.9 Å². The van der Waals surface area contributed by atoms with Gasteiger partial charge in [-0.15, -0.1) is 0 Å². The Kier molecular flexibility index (Phi) is 7.33. The molecule has 2 amide bonds. The summed E-state index contributed by atoms with van der Waals surface area (Å²) in [7, 11) is 0. The van der Waals surface area contributed by atoms with Gasteiger partial charge in [0, 0.05) is 30.2 Å². The number of unbranched alkanes of at least 4 members (excludes halogenated alkanes) is 4. The van der Waals surface area contributed by atoms with Crippen LogP contribution in [0, 0.1) is 0 Å². The lowest BCUT2D eigenvalue weighted by Crippen LogP contribution is -2.40. The van der Waals surface area contributed by atoms with E-state index < -0.39 is 11.8 Å². The summed E-state index contributed by atoms with van der Waals surface area (Å²) in [5.41, 5.74) is 2.22. The second-order valence-corrected chi connectivity index (χ2v) is 6.04. The molecule has 24 heavy (non-hydrogen) atoms. The summed E-state index contributed by atoms with van der Waals surface area (Å²) in [5.74, 6) is -1.09. The fourth-order valence-electron chi connectivity index (χ4n) is 2.74. The molecule has 1 aromatic carbocycles. The number of hydrogen-bond acceptors (Lipinski definition) is 2. The van der Waals surface area contributed by atoms with Crippen LogP contribution >= 0.6 is 0 Å². The van der Waals surface area contributed by atoms with E-state index in [1.165, 1.54) is 19.3 Å². The lowest BCUT2D eigenvalue weighted by Gasteiger charge is -2.06. The highest BCUT2D eigenvalue weighted by molar-refractivity contribution is 6.35. The highest BCUT2D eigenvalue weighted by Crippen LogP contribution is 2.17. The third-order valence-electron chi connectivity index (χ3n) is 4.13. The van der Waals surface area contributed by atoms with Gasteiger partial charge in [-0.1, -0.05) is 50.8 Å². The van der Waals surface area contributed by atoms with Gasteiger partial charge in [0.25, 0.3) is 0 Å². The minimum absolute atomic E-state index is 0.449. The number of H-pyrrole nitrogens is 1. The van der Waals surface area contributed by atoms with Gasteiger partial charge < -0.3 is 15.6 Å². The highest BCUT2D eigenvalue weighted by atomic mass is 16.2. The van der Waals surface area contributed by atoms with Crippen molar-refractivity contribution in [1.29, 1.82) is 0 Å². The molecule has 0 saturated carbocycles. The minimum Gasteiger partial charge on any atom is -0.361 e. The predicted molar refractivity (Wildman–Crippen MR) is 96.8 cm³/mol. The summed E-state index contributed by atoms with van der Waals surface area (Å²) in [5, 5.41) is 6.51. The predicted octanol–water partition coefficient (Wildman–Crippen LogP) is 2.91. The molecule has 0 atom stereocenters. The lowest BCUT2D eigenvalue weighted by atomic mass is 10.1. The summed E-state index contributed by atoms with van der Waals surface area (Å²) < 4.78 is 0. The van der Waals surface area contributed by atoms with Crippen LogP contribution in [0.25, 0.3) is 10.9 Å². The molecule has 0 fully saturated rings. The number of para-hydroxylation sites is 1. The van der Waals surface area contributed by atoms with Crippen LogP contribution in [0.2, 0.25) is 0 Å². The Balaban J connectivity index is 1.64. The van der Waals surface area contributed by atoms with Crippen molar-refractivity contribution in [3.8, 4) is 0 Å². The molecule has 5 nitrogen and oxygen atoms in total. The van der Waals surface area contributed by atoms with Crippen LogP contribution in [-0.2, 0) is 16.0 Å². The molecule has 2 rings (SSSR count). The first-order valence-corrected chi connectivity index (χ1v) is 8.83. The highest BCUT2D eigenvalue weighted by Gasteiger charge is 2.12. The van der Waals surface area contributed by atoms with Gasteiger partial charge in [0.2, 0.25) is 0 Å². The normalized spacial score (nSPS) is 10.7. The SMILES string of the molecule is CCCCCCCNC(=O)C(=O)NCCc1c[nH]c2ccccc12. The van der Waals surface area contributed by atoms with E-state index >= 15 is 0 Å². The Labute approximate surface area is 143 Å². The topological polar surface area (TPSA) is 74.0 Å². The van der Waals surface area contributed by atoms with Crippen molar-refractivity contribution in [2.45, 2.75) is 45.4 Å². The van der Waals surface area contributed by atoms with Crippen LogP contribution in [0.4, 0.5) is 0 Å². The minimum atomic E-state index is -0.552. The number of amides is 2. The van der Waals surface area contributed by atoms with Gasteiger partial charge in [0.1, 0.15) is 0 Å². The van der Waals surface area contributed by atoms with Crippen LogP contribution in [0.3, 0.4) is 0 Å². The van der Waals surface area contributed by atoms with Gasteiger partial charge in [-0.25, -0.2) is 0 Å². The third-order valence-corrected chi connectivity index (χ3v) is 4.13. The van der Waals surface area contributed by atoms with Crippen LogP contribution in [0.1, 0.15) is 44.6 Å². The van der Waals surface area contributed by atoms with Gasteiger partial charge in [-0.05, 0) is 24.5 Å². The van der Waals surface area contributed by atoms with E-state index in [-0.39, 0.29) is 0 Å². The number of aromatic amines is 1. The van der Waals surface area contributed by atoms with Gasteiger partial charge in [0.15, 0.2) is 0 Å². The van der Waals surface area contributed by atoms with Crippen molar-refractivity contribution in [2.24, 2.45) is 0 Å². The first-order valence-electron chi connectivity index (χ1n) is 8.83. The van der Waals surface area contributed by atoms with Gasteiger partial charge in [-0.2, -0.15) is 0 Å². The van der Waals surface area contributed by atoms with E-state index in [0.29, 0.717) is 19.5 Å². The van der Waals surface area contributed by atoms with Crippen molar-refractivity contribution in [3.05, 3.63) is 36.0 Å². The molecule has 3 N–H and O–H groups in total. The molecule has 0 spiro atoms. The van der Waals surface area contributed by atoms with Crippen LogP contribution < -0.4 is 10.6 Å². The number of rotatable bonds is 9. The number of carbonyl (C=O) groups is 2. The molecule has 0 radical (unpaired) electrons. The smallest absolute Gasteiger partial charge is 0.309 e. The molecule has 0 aliphatic carbocycles. The lowest BCUT2D eigenvalue weighted by molar-refractivity contribution is -0.139. The fraction of sp³-hybridized carbons (Fsp3) is 0.474. The van der Waals surface area contributed by atoms with Crippen molar-refractivity contribution in [2.75, 3.05) is 13.1 Å². The zero-order chi connectivity index (χ0) is 17.2. The maximum Gasteiger partial charge on any atom is 0.309 e. The zero-order valence-corrected chi connectivity index (χ0v) is 14.4. The van der Waals surface area contributed by atoms with Gasteiger partial charge in [0.05, 0.1) is 0 Å². The third kappa shape index (κ3) is 5.41. The Morgan fingerprint density at radius 3 is 2.46 bits per heavy atom. The first-order chi connectivity index (χ1) is 11.7. The van der Waals surface area contributed by atoms with Crippen molar-refractivity contribution < 1.29 is 9.59 Å². The molecule has 0 saturated heterocycles. The van der Waals surface area contributed by atoms with Crippen molar-refractivity contribution >= 4 is 22.7 Å². The Bertz CT molecular complexity index is 663. The first kappa shape index (κ1) is 18.0. The second-order valence-electron chi connectivity index (χ2n) is 6.04.